The van der Waals surface area contributed by atoms with E-state index in [1.807, 2.05) is 6.92 Å². The number of carbonyl (C=O) groups excluding carboxylic acids is 3. The molecule has 0 aromatic heterocycles. The van der Waals surface area contributed by atoms with Gasteiger partial charge in [0.1, 0.15) is 6.04 Å². The third-order valence-corrected chi connectivity index (χ3v) is 13.7. The number of aliphatic hydroxyl groups excluding tert-OH is 2. The number of urea groups is 1. The quantitative estimate of drug-likeness (QED) is 0.362. The predicted molar refractivity (Wildman–Crippen MR) is 162 cm³/mol. The molecule has 2 unspecified atom stereocenters. The molecule has 1 saturated heterocycles. The van der Waals surface area contributed by atoms with E-state index in [1.165, 1.54) is 17.6 Å². The minimum absolute atomic E-state index is 0.0191. The van der Waals surface area contributed by atoms with Gasteiger partial charge >= 0.3 is 12.0 Å². The van der Waals surface area contributed by atoms with Gasteiger partial charge in [0.25, 0.3) is 0 Å². The SMILES string of the molecule is COC(=O)[C@@H]1C[C@@H](O)C(C2C[C@H](C)C[C@@H]3[C@@]2(C)CC[C@]2(C)C4=CC=C5C(=CC(=O)C(O)=C5C)[C@]4(C)CC[C@@]32C)N1C(N)=O. The molecule has 0 aromatic rings. The highest BCUT2D eigenvalue weighted by Gasteiger charge is 2.69. The van der Waals surface area contributed by atoms with Gasteiger partial charge in [-0.2, -0.15) is 0 Å². The number of esters is 1. The number of hydrogen-bond donors (Lipinski definition) is 3. The van der Waals surface area contributed by atoms with Crippen molar-refractivity contribution < 1.29 is 29.3 Å². The second-order valence-corrected chi connectivity index (χ2v) is 15.5. The van der Waals surface area contributed by atoms with Gasteiger partial charge in [-0.15, -0.1) is 0 Å². The molecule has 4 N–H and O–H groups in total. The summed E-state index contributed by atoms with van der Waals surface area (Å²) in [7, 11) is 1.30. The fourth-order valence-electron chi connectivity index (χ4n) is 11.2. The average Bonchev–Trinajstić information content (AvgIpc) is 3.30. The summed E-state index contributed by atoms with van der Waals surface area (Å²) in [4.78, 5) is 39.8. The number of nitrogens with zero attached hydrogens (tertiary/aromatic N) is 1. The van der Waals surface area contributed by atoms with Gasteiger partial charge in [-0.25, -0.2) is 9.59 Å². The maximum absolute atomic E-state index is 12.9. The van der Waals surface area contributed by atoms with Crippen LogP contribution >= 0.6 is 0 Å². The molecule has 0 bridgehead atoms. The summed E-state index contributed by atoms with van der Waals surface area (Å²) in [5.41, 5.74) is 9.23. The highest BCUT2D eigenvalue weighted by atomic mass is 16.5. The normalized spacial score (nSPS) is 45.6. The van der Waals surface area contributed by atoms with Gasteiger partial charge in [-0.3, -0.25) is 4.79 Å². The van der Waals surface area contributed by atoms with Gasteiger partial charge in [-0.1, -0.05) is 52.3 Å². The summed E-state index contributed by atoms with van der Waals surface area (Å²) in [5.74, 6) is -0.344. The van der Waals surface area contributed by atoms with Crippen LogP contribution in [0.2, 0.25) is 0 Å². The van der Waals surface area contributed by atoms with E-state index in [-0.39, 0.29) is 45.5 Å². The first-order chi connectivity index (χ1) is 20.0. The van der Waals surface area contributed by atoms with Gasteiger partial charge in [0, 0.05) is 17.4 Å². The van der Waals surface area contributed by atoms with E-state index < -0.39 is 30.2 Å². The zero-order valence-corrected chi connectivity index (χ0v) is 26.7. The van der Waals surface area contributed by atoms with E-state index in [9.17, 15) is 24.6 Å². The first-order valence-corrected chi connectivity index (χ1v) is 16.0. The molecule has 5 aliphatic carbocycles. The molecule has 234 valence electrons. The molecule has 8 nitrogen and oxygen atoms in total. The van der Waals surface area contributed by atoms with Crippen LogP contribution in [-0.4, -0.2) is 58.2 Å². The van der Waals surface area contributed by atoms with Crippen molar-refractivity contribution in [2.24, 2.45) is 45.1 Å². The number of rotatable bonds is 2. The van der Waals surface area contributed by atoms with Crippen LogP contribution in [0, 0.1) is 39.4 Å². The number of likely N-dealkylation sites (tertiary alicyclic amines) is 1. The molecule has 6 rings (SSSR count). The number of nitrogens with two attached hydrogens (primary N) is 1. The van der Waals surface area contributed by atoms with E-state index in [2.05, 4.69) is 46.8 Å². The molecule has 3 saturated carbocycles. The molecule has 0 aromatic carbocycles. The van der Waals surface area contributed by atoms with E-state index in [1.54, 1.807) is 6.08 Å². The smallest absolute Gasteiger partial charge is 0.328 e. The lowest BCUT2D eigenvalue weighted by molar-refractivity contribution is -0.183. The third kappa shape index (κ3) is 3.80. The van der Waals surface area contributed by atoms with Crippen molar-refractivity contribution in [1.29, 1.82) is 0 Å². The molecule has 4 fully saturated rings. The number of primary amides is 1. The van der Waals surface area contributed by atoms with Gasteiger partial charge in [0.05, 0.1) is 19.3 Å². The maximum atomic E-state index is 12.9. The molecule has 1 aliphatic heterocycles. The summed E-state index contributed by atoms with van der Waals surface area (Å²) in [6, 6.07) is -2.10. The Hall–Kier alpha value is -2.87. The van der Waals surface area contributed by atoms with Crippen molar-refractivity contribution in [3.63, 3.8) is 0 Å². The molecule has 2 amide bonds. The van der Waals surface area contributed by atoms with Crippen LogP contribution in [-0.2, 0) is 14.3 Å². The van der Waals surface area contributed by atoms with Crippen molar-refractivity contribution >= 4 is 17.8 Å². The molecule has 0 radical (unpaired) electrons. The van der Waals surface area contributed by atoms with Crippen LogP contribution < -0.4 is 5.73 Å². The average molecular weight is 593 g/mol. The van der Waals surface area contributed by atoms with Crippen LogP contribution in [0.15, 0.2) is 46.3 Å². The predicted octanol–water partition coefficient (Wildman–Crippen LogP) is 5.52. The first-order valence-electron chi connectivity index (χ1n) is 16.0. The Kier molecular flexibility index (Phi) is 6.71. The molecular weight excluding hydrogens is 544 g/mol. The first kappa shape index (κ1) is 30.2. The number of ketones is 1. The zero-order chi connectivity index (χ0) is 31.4. The van der Waals surface area contributed by atoms with Gasteiger partial charge in [-0.05, 0) is 96.7 Å². The Morgan fingerprint density at radius 2 is 1.74 bits per heavy atom. The zero-order valence-electron chi connectivity index (χ0n) is 26.7. The second kappa shape index (κ2) is 9.56. The Morgan fingerprint density at radius 3 is 2.40 bits per heavy atom. The largest absolute Gasteiger partial charge is 0.504 e. The Balaban J connectivity index is 1.43. The second-order valence-electron chi connectivity index (χ2n) is 15.5. The van der Waals surface area contributed by atoms with Crippen LogP contribution in [0.1, 0.15) is 86.5 Å². The van der Waals surface area contributed by atoms with Crippen molar-refractivity contribution in [3.05, 3.63) is 46.3 Å². The lowest BCUT2D eigenvalue weighted by Crippen LogP contribution is -2.65. The number of carbonyl (C=O) groups is 3. The lowest BCUT2D eigenvalue weighted by atomic mass is 9.33. The van der Waals surface area contributed by atoms with E-state index >= 15 is 0 Å². The fraction of sp³-hybridized carbons (Fsp3) is 0.686. The van der Waals surface area contributed by atoms with Crippen molar-refractivity contribution in [2.75, 3.05) is 7.11 Å². The molecule has 0 spiro atoms. The third-order valence-electron chi connectivity index (χ3n) is 13.7. The number of allylic oxidation sites excluding steroid dienone is 7. The number of ether oxygens (including phenoxy) is 1. The molecule has 1 heterocycles. The lowest BCUT2D eigenvalue weighted by Gasteiger charge is -2.71. The summed E-state index contributed by atoms with van der Waals surface area (Å²) >= 11 is 0. The fourth-order valence-corrected chi connectivity index (χ4v) is 11.2. The van der Waals surface area contributed by atoms with Crippen molar-refractivity contribution in [1.82, 2.24) is 4.90 Å². The summed E-state index contributed by atoms with van der Waals surface area (Å²) in [6.45, 7) is 13.6. The topological polar surface area (TPSA) is 130 Å². The van der Waals surface area contributed by atoms with Crippen LogP contribution in [0.3, 0.4) is 0 Å². The number of aliphatic hydroxyl groups is 2. The Bertz CT molecular complexity index is 1420. The highest BCUT2D eigenvalue weighted by Crippen LogP contribution is 2.76. The highest BCUT2D eigenvalue weighted by molar-refractivity contribution is 6.06. The van der Waals surface area contributed by atoms with Crippen LogP contribution in [0.5, 0.6) is 0 Å². The van der Waals surface area contributed by atoms with Crippen molar-refractivity contribution in [2.45, 2.75) is 105 Å². The van der Waals surface area contributed by atoms with Crippen LogP contribution in [0.4, 0.5) is 4.79 Å². The Labute approximate surface area is 255 Å². The Morgan fingerprint density at radius 1 is 1.05 bits per heavy atom. The summed E-state index contributed by atoms with van der Waals surface area (Å²) < 4.78 is 5.02. The minimum Gasteiger partial charge on any atom is -0.504 e. The number of methoxy groups -OCH3 is 1. The summed E-state index contributed by atoms with van der Waals surface area (Å²) in [5, 5.41) is 21.9. The standard InChI is InChI=1S/C35H48N2O6/c1-18-14-22(28-24(38)17-23(30(41)43-7)37(28)31(36)42)33(4)11-12-34(5)26-9-8-20-19(2)29(40)25(39)16-21(20)32(26,3)10-13-35(34,6)27(33)15-18/h8-9,16,18,22-24,27-28,38,40H,10-15,17H2,1-7H3,(H2,36,42)/t18-,22?,23-,24+,27+,28?,32-,33-,34+,35-/m0/s1. The molecule has 43 heavy (non-hydrogen) atoms. The number of fused-ring (bicyclic) bond motifs is 7. The molecule has 10 atom stereocenters. The van der Waals surface area contributed by atoms with Gasteiger partial charge in [0.2, 0.25) is 5.78 Å². The molecule has 8 heteroatoms. The number of hydrogen-bond acceptors (Lipinski definition) is 6. The van der Waals surface area contributed by atoms with E-state index in [4.69, 9.17) is 10.5 Å². The molecule has 6 aliphatic rings. The minimum atomic E-state index is -0.876. The maximum Gasteiger partial charge on any atom is 0.328 e. The van der Waals surface area contributed by atoms with Gasteiger partial charge < -0.3 is 25.6 Å². The summed E-state index contributed by atoms with van der Waals surface area (Å²) in [6.07, 6.45) is 11.0. The van der Waals surface area contributed by atoms with Crippen LogP contribution in [0.25, 0.3) is 0 Å². The van der Waals surface area contributed by atoms with E-state index in [0.29, 0.717) is 17.4 Å². The number of amides is 2. The molecular formula is C35H48N2O6. The van der Waals surface area contributed by atoms with E-state index in [0.717, 1.165) is 49.7 Å². The van der Waals surface area contributed by atoms with Gasteiger partial charge in [0.15, 0.2) is 5.76 Å². The monoisotopic (exact) mass is 592 g/mol. The van der Waals surface area contributed by atoms with Crippen molar-refractivity contribution in [3.8, 4) is 0 Å².